The van der Waals surface area contributed by atoms with E-state index in [1.807, 2.05) is 12.1 Å². The number of aromatic nitrogens is 2. The minimum Gasteiger partial charge on any atom is -0.424 e. The van der Waals surface area contributed by atoms with E-state index in [0.717, 1.165) is 9.13 Å². The largest absolute Gasteiger partial charge is 0.424 e. The van der Waals surface area contributed by atoms with Crippen LogP contribution in [-0.4, -0.2) is 9.97 Å². The molecule has 0 fully saturated rings. The van der Waals surface area contributed by atoms with Gasteiger partial charge in [0.2, 0.25) is 0 Å². The van der Waals surface area contributed by atoms with E-state index in [1.165, 1.54) is 0 Å². The average molecular weight is 337 g/mol. The molecule has 17 heavy (non-hydrogen) atoms. The maximum atomic E-state index is 8.55. The summed E-state index contributed by atoms with van der Waals surface area (Å²) in [5, 5.41) is 8.55. The fraction of sp³-hybridized carbons (Fsp3) is 0.0833. The van der Waals surface area contributed by atoms with Gasteiger partial charge in [0.15, 0.2) is 0 Å². The van der Waals surface area contributed by atoms with Crippen LogP contribution in [0.3, 0.4) is 0 Å². The summed E-state index contributed by atoms with van der Waals surface area (Å²) in [6.45, 7) is 0. The van der Waals surface area contributed by atoms with Crippen molar-refractivity contribution in [3.05, 3.63) is 45.8 Å². The fourth-order valence-corrected chi connectivity index (χ4v) is 1.50. The fourth-order valence-electron chi connectivity index (χ4n) is 1.23. The first kappa shape index (κ1) is 11.8. The number of benzene rings is 1. The number of hydrogen-bond acceptors (Lipinski definition) is 4. The Labute approximate surface area is 112 Å². The van der Waals surface area contributed by atoms with Crippen LogP contribution in [0, 0.1) is 14.9 Å². The average Bonchev–Trinajstić information content (AvgIpc) is 2.35. The molecule has 0 bridgehead atoms. The molecule has 1 aromatic carbocycles. The Balaban J connectivity index is 2.09. The summed E-state index contributed by atoms with van der Waals surface area (Å²) in [6, 6.07) is 9.72. The summed E-state index contributed by atoms with van der Waals surface area (Å²) in [5.74, 6) is 0.660. The van der Waals surface area contributed by atoms with Crippen LogP contribution in [0.1, 0.15) is 5.56 Å². The van der Waals surface area contributed by atoms with E-state index < -0.39 is 0 Å². The van der Waals surface area contributed by atoms with Gasteiger partial charge in [-0.2, -0.15) is 5.26 Å². The minimum absolute atomic E-state index is 0.318. The van der Waals surface area contributed by atoms with E-state index in [9.17, 15) is 0 Å². The van der Waals surface area contributed by atoms with Gasteiger partial charge in [-0.05, 0) is 40.3 Å². The zero-order valence-electron chi connectivity index (χ0n) is 8.80. The molecule has 0 amide bonds. The van der Waals surface area contributed by atoms with Crippen LogP contribution in [0.15, 0.2) is 36.7 Å². The highest BCUT2D eigenvalue weighted by molar-refractivity contribution is 14.1. The SMILES string of the molecule is N#CCc1ccc(Oc2ncc(I)cn2)cc1. The number of nitriles is 1. The molecule has 0 aliphatic rings. The first-order chi connectivity index (χ1) is 8.28. The Morgan fingerprint density at radius 1 is 1.18 bits per heavy atom. The molecule has 0 spiro atoms. The van der Waals surface area contributed by atoms with Crippen molar-refractivity contribution < 1.29 is 4.74 Å². The standard InChI is InChI=1S/C12H8IN3O/c13-10-7-15-12(16-8-10)17-11-3-1-9(2-4-11)5-6-14/h1-4,7-8H,5H2. The van der Waals surface area contributed by atoms with Crippen LogP contribution in [0.4, 0.5) is 0 Å². The highest BCUT2D eigenvalue weighted by Crippen LogP contribution is 2.18. The van der Waals surface area contributed by atoms with Gasteiger partial charge in [-0.15, -0.1) is 0 Å². The molecule has 2 rings (SSSR count). The van der Waals surface area contributed by atoms with Crippen LogP contribution >= 0.6 is 22.6 Å². The van der Waals surface area contributed by atoms with E-state index in [-0.39, 0.29) is 0 Å². The molecule has 0 unspecified atom stereocenters. The Hall–Kier alpha value is -1.68. The molecule has 0 atom stereocenters. The normalized spacial score (nSPS) is 9.65. The van der Waals surface area contributed by atoms with Crippen molar-refractivity contribution in [1.29, 1.82) is 5.26 Å². The third-order valence-corrected chi connectivity index (χ3v) is 2.57. The Bertz CT molecular complexity index is 531. The summed E-state index contributed by atoms with van der Waals surface area (Å²) < 4.78 is 6.42. The van der Waals surface area contributed by atoms with Crippen LogP contribution in [0.25, 0.3) is 0 Å². The maximum Gasteiger partial charge on any atom is 0.321 e. The first-order valence-electron chi connectivity index (χ1n) is 4.89. The van der Waals surface area contributed by atoms with Gasteiger partial charge >= 0.3 is 6.01 Å². The molecule has 0 saturated heterocycles. The molecule has 0 N–H and O–H groups in total. The van der Waals surface area contributed by atoms with Gasteiger partial charge in [0, 0.05) is 16.0 Å². The molecular weight excluding hydrogens is 329 g/mol. The molecule has 1 heterocycles. The van der Waals surface area contributed by atoms with Gasteiger partial charge in [-0.25, -0.2) is 9.97 Å². The quantitative estimate of drug-likeness (QED) is 0.808. The van der Waals surface area contributed by atoms with Gasteiger partial charge in [0.25, 0.3) is 0 Å². The predicted octanol–water partition coefficient (Wildman–Crippen LogP) is 2.94. The predicted molar refractivity (Wildman–Crippen MR) is 70.6 cm³/mol. The number of rotatable bonds is 3. The zero-order chi connectivity index (χ0) is 12.1. The Morgan fingerprint density at radius 2 is 1.82 bits per heavy atom. The van der Waals surface area contributed by atoms with Crippen molar-refractivity contribution in [3.8, 4) is 17.8 Å². The lowest BCUT2D eigenvalue weighted by Crippen LogP contribution is -1.92. The second-order valence-corrected chi connectivity index (χ2v) is 4.51. The monoisotopic (exact) mass is 337 g/mol. The molecule has 0 aliphatic carbocycles. The maximum absolute atomic E-state index is 8.55. The highest BCUT2D eigenvalue weighted by atomic mass is 127. The van der Waals surface area contributed by atoms with Gasteiger partial charge in [0.1, 0.15) is 5.75 Å². The zero-order valence-corrected chi connectivity index (χ0v) is 11.0. The van der Waals surface area contributed by atoms with Gasteiger partial charge in [0.05, 0.1) is 12.5 Å². The summed E-state index contributed by atoms with van der Waals surface area (Å²) in [6.07, 6.45) is 3.78. The van der Waals surface area contributed by atoms with E-state index in [2.05, 4.69) is 38.6 Å². The smallest absolute Gasteiger partial charge is 0.321 e. The third kappa shape index (κ3) is 3.39. The van der Waals surface area contributed by atoms with Crippen molar-refractivity contribution in [2.45, 2.75) is 6.42 Å². The van der Waals surface area contributed by atoms with Crippen molar-refractivity contribution in [1.82, 2.24) is 9.97 Å². The van der Waals surface area contributed by atoms with Crippen molar-refractivity contribution in [3.63, 3.8) is 0 Å². The second kappa shape index (κ2) is 5.59. The summed E-state index contributed by atoms with van der Waals surface area (Å²) in [4.78, 5) is 8.08. The van der Waals surface area contributed by atoms with E-state index in [1.54, 1.807) is 24.5 Å². The van der Waals surface area contributed by atoms with Gasteiger partial charge in [-0.1, -0.05) is 12.1 Å². The lowest BCUT2D eigenvalue weighted by molar-refractivity contribution is 0.441. The summed E-state index contributed by atoms with van der Waals surface area (Å²) >= 11 is 2.13. The first-order valence-corrected chi connectivity index (χ1v) is 5.97. The lowest BCUT2D eigenvalue weighted by atomic mass is 10.2. The minimum atomic E-state index is 0.318. The molecule has 0 saturated carbocycles. The second-order valence-electron chi connectivity index (χ2n) is 3.26. The number of hydrogen-bond donors (Lipinski definition) is 0. The van der Waals surface area contributed by atoms with Crippen LogP contribution in [0.5, 0.6) is 11.8 Å². The van der Waals surface area contributed by atoms with Gasteiger partial charge < -0.3 is 4.74 Å². The lowest BCUT2D eigenvalue weighted by Gasteiger charge is -2.03. The van der Waals surface area contributed by atoms with E-state index >= 15 is 0 Å². The molecule has 0 aliphatic heterocycles. The number of halogens is 1. The number of nitrogens with zero attached hydrogens (tertiary/aromatic N) is 3. The molecule has 5 heteroatoms. The molecule has 0 radical (unpaired) electrons. The van der Waals surface area contributed by atoms with Crippen LogP contribution < -0.4 is 4.74 Å². The summed E-state index contributed by atoms with van der Waals surface area (Å²) in [7, 11) is 0. The molecule has 4 nitrogen and oxygen atoms in total. The van der Waals surface area contributed by atoms with Crippen molar-refractivity contribution in [2.24, 2.45) is 0 Å². The van der Waals surface area contributed by atoms with Crippen LogP contribution in [-0.2, 0) is 6.42 Å². The molecular formula is C12H8IN3O. The van der Waals surface area contributed by atoms with Crippen LogP contribution in [0.2, 0.25) is 0 Å². The topological polar surface area (TPSA) is 58.8 Å². The third-order valence-electron chi connectivity index (χ3n) is 2.01. The van der Waals surface area contributed by atoms with E-state index in [4.69, 9.17) is 10.00 Å². The van der Waals surface area contributed by atoms with Gasteiger partial charge in [-0.3, -0.25) is 0 Å². The molecule has 1 aromatic heterocycles. The summed E-state index contributed by atoms with van der Waals surface area (Å²) in [5.41, 5.74) is 0.961. The van der Waals surface area contributed by atoms with Crippen molar-refractivity contribution in [2.75, 3.05) is 0 Å². The highest BCUT2D eigenvalue weighted by Gasteiger charge is 2.00. The Morgan fingerprint density at radius 3 is 2.41 bits per heavy atom. The molecule has 84 valence electrons. The molecule has 2 aromatic rings. The van der Waals surface area contributed by atoms with E-state index in [0.29, 0.717) is 18.2 Å². The Kier molecular flexibility index (Phi) is 3.88. The number of ether oxygens (including phenoxy) is 1. The van der Waals surface area contributed by atoms with Crippen molar-refractivity contribution >= 4 is 22.6 Å².